The second kappa shape index (κ2) is 5.65. The van der Waals surface area contributed by atoms with E-state index in [9.17, 15) is 0 Å². The number of hydrogen-bond acceptors (Lipinski definition) is 3. The minimum atomic E-state index is 0.917. The first-order valence-corrected chi connectivity index (χ1v) is 6.74. The van der Waals surface area contributed by atoms with Crippen LogP contribution >= 0.6 is 0 Å². The summed E-state index contributed by atoms with van der Waals surface area (Å²) in [7, 11) is 0. The molecular formula is C13H24N4. The number of nitrogens with zero attached hydrogens (tertiary/aromatic N) is 3. The predicted molar refractivity (Wildman–Crippen MR) is 69.9 cm³/mol. The van der Waals surface area contributed by atoms with Crippen molar-refractivity contribution in [3.8, 4) is 0 Å². The molecule has 0 saturated heterocycles. The molecule has 2 heterocycles. The van der Waals surface area contributed by atoms with E-state index in [1.807, 2.05) is 0 Å². The SMILES string of the molecule is CCCN(CC)Cc1nc2n(c1C)CCNC2. The summed E-state index contributed by atoms with van der Waals surface area (Å²) in [4.78, 5) is 7.25. The van der Waals surface area contributed by atoms with Crippen LogP contribution in [0.25, 0.3) is 0 Å². The molecule has 0 atom stereocenters. The van der Waals surface area contributed by atoms with Crippen LogP contribution in [0.4, 0.5) is 0 Å². The third kappa shape index (κ3) is 2.69. The van der Waals surface area contributed by atoms with Gasteiger partial charge in [0.15, 0.2) is 0 Å². The van der Waals surface area contributed by atoms with Gasteiger partial charge in [0.2, 0.25) is 0 Å². The second-order valence-corrected chi connectivity index (χ2v) is 4.76. The summed E-state index contributed by atoms with van der Waals surface area (Å²) < 4.78 is 2.37. The molecule has 0 fully saturated rings. The molecule has 0 saturated carbocycles. The maximum absolute atomic E-state index is 4.78. The fourth-order valence-electron chi connectivity index (χ4n) is 2.50. The summed E-state index contributed by atoms with van der Waals surface area (Å²) in [5, 5.41) is 3.38. The summed E-state index contributed by atoms with van der Waals surface area (Å²) in [6.07, 6.45) is 1.21. The molecule has 0 aliphatic carbocycles. The molecule has 0 aromatic carbocycles. The van der Waals surface area contributed by atoms with Gasteiger partial charge in [-0.3, -0.25) is 4.90 Å². The van der Waals surface area contributed by atoms with Gasteiger partial charge < -0.3 is 9.88 Å². The van der Waals surface area contributed by atoms with Crippen molar-refractivity contribution >= 4 is 0 Å². The molecule has 0 spiro atoms. The van der Waals surface area contributed by atoms with Crippen LogP contribution in [0.1, 0.15) is 37.5 Å². The number of nitrogens with one attached hydrogen (secondary N) is 1. The van der Waals surface area contributed by atoms with E-state index in [1.165, 1.54) is 23.6 Å². The van der Waals surface area contributed by atoms with Crippen LogP contribution in [-0.4, -0.2) is 34.1 Å². The van der Waals surface area contributed by atoms with Gasteiger partial charge in [-0.1, -0.05) is 13.8 Å². The maximum Gasteiger partial charge on any atom is 0.123 e. The van der Waals surface area contributed by atoms with Crippen molar-refractivity contribution in [3.63, 3.8) is 0 Å². The van der Waals surface area contributed by atoms with E-state index in [1.54, 1.807) is 0 Å². The van der Waals surface area contributed by atoms with Gasteiger partial charge in [0.25, 0.3) is 0 Å². The summed E-state index contributed by atoms with van der Waals surface area (Å²) >= 11 is 0. The van der Waals surface area contributed by atoms with Gasteiger partial charge in [0.05, 0.1) is 12.2 Å². The summed E-state index contributed by atoms with van der Waals surface area (Å²) in [5.74, 6) is 1.20. The Morgan fingerprint density at radius 1 is 1.41 bits per heavy atom. The van der Waals surface area contributed by atoms with Gasteiger partial charge in [0.1, 0.15) is 5.82 Å². The van der Waals surface area contributed by atoms with Crippen molar-refractivity contribution in [2.24, 2.45) is 0 Å². The Morgan fingerprint density at radius 3 is 2.88 bits per heavy atom. The van der Waals surface area contributed by atoms with Crippen molar-refractivity contribution in [1.29, 1.82) is 0 Å². The van der Waals surface area contributed by atoms with E-state index in [0.717, 1.165) is 39.3 Å². The normalized spacial score (nSPS) is 15.3. The molecule has 17 heavy (non-hydrogen) atoms. The molecule has 0 bridgehead atoms. The molecule has 4 nitrogen and oxygen atoms in total. The highest BCUT2D eigenvalue weighted by Gasteiger charge is 2.17. The molecular weight excluding hydrogens is 212 g/mol. The Hall–Kier alpha value is -0.870. The first-order chi connectivity index (χ1) is 8.26. The molecule has 1 aliphatic heterocycles. The highest BCUT2D eigenvalue weighted by Crippen LogP contribution is 2.15. The lowest BCUT2D eigenvalue weighted by Gasteiger charge is -2.19. The molecule has 96 valence electrons. The van der Waals surface area contributed by atoms with Crippen LogP contribution in [0.2, 0.25) is 0 Å². The largest absolute Gasteiger partial charge is 0.330 e. The smallest absolute Gasteiger partial charge is 0.123 e. The van der Waals surface area contributed by atoms with Gasteiger partial charge in [-0.2, -0.15) is 0 Å². The highest BCUT2D eigenvalue weighted by molar-refractivity contribution is 5.17. The van der Waals surface area contributed by atoms with Gasteiger partial charge in [-0.15, -0.1) is 0 Å². The van der Waals surface area contributed by atoms with E-state index in [2.05, 4.69) is 35.6 Å². The Labute approximate surface area is 104 Å². The van der Waals surface area contributed by atoms with Crippen LogP contribution in [0.3, 0.4) is 0 Å². The first-order valence-electron chi connectivity index (χ1n) is 6.74. The fourth-order valence-corrected chi connectivity index (χ4v) is 2.50. The van der Waals surface area contributed by atoms with E-state index < -0.39 is 0 Å². The zero-order valence-electron chi connectivity index (χ0n) is 11.3. The van der Waals surface area contributed by atoms with Crippen molar-refractivity contribution in [2.75, 3.05) is 19.6 Å². The monoisotopic (exact) mass is 236 g/mol. The van der Waals surface area contributed by atoms with Crippen LogP contribution in [0.5, 0.6) is 0 Å². The Balaban J connectivity index is 2.12. The van der Waals surface area contributed by atoms with E-state index in [4.69, 9.17) is 4.98 Å². The van der Waals surface area contributed by atoms with Crippen molar-refractivity contribution in [1.82, 2.24) is 19.8 Å². The van der Waals surface area contributed by atoms with Gasteiger partial charge in [-0.25, -0.2) is 4.98 Å². The Kier molecular flexibility index (Phi) is 4.18. The summed E-state index contributed by atoms with van der Waals surface area (Å²) in [6, 6.07) is 0. The van der Waals surface area contributed by atoms with Crippen LogP contribution in [-0.2, 0) is 19.6 Å². The van der Waals surface area contributed by atoms with E-state index in [0.29, 0.717) is 0 Å². The molecule has 4 heteroatoms. The second-order valence-electron chi connectivity index (χ2n) is 4.76. The molecule has 1 aromatic heterocycles. The lowest BCUT2D eigenvalue weighted by molar-refractivity contribution is 0.277. The third-order valence-corrected chi connectivity index (χ3v) is 3.55. The number of hydrogen-bond donors (Lipinski definition) is 1. The third-order valence-electron chi connectivity index (χ3n) is 3.55. The predicted octanol–water partition coefficient (Wildman–Crippen LogP) is 1.53. The zero-order valence-corrected chi connectivity index (χ0v) is 11.3. The average Bonchev–Trinajstić information content (AvgIpc) is 2.66. The van der Waals surface area contributed by atoms with Crippen molar-refractivity contribution in [3.05, 3.63) is 17.2 Å². The topological polar surface area (TPSA) is 33.1 Å². The van der Waals surface area contributed by atoms with Crippen LogP contribution in [0, 0.1) is 6.92 Å². The van der Waals surface area contributed by atoms with Gasteiger partial charge >= 0.3 is 0 Å². The lowest BCUT2D eigenvalue weighted by Crippen LogP contribution is -2.28. The van der Waals surface area contributed by atoms with Crippen molar-refractivity contribution in [2.45, 2.75) is 46.8 Å². The number of imidazole rings is 1. The van der Waals surface area contributed by atoms with Crippen molar-refractivity contribution < 1.29 is 0 Å². The average molecular weight is 236 g/mol. The minimum Gasteiger partial charge on any atom is -0.330 e. The lowest BCUT2D eigenvalue weighted by atomic mass is 10.3. The molecule has 1 N–H and O–H groups in total. The maximum atomic E-state index is 4.78. The van der Waals surface area contributed by atoms with Crippen LogP contribution < -0.4 is 5.32 Å². The highest BCUT2D eigenvalue weighted by atomic mass is 15.2. The summed E-state index contributed by atoms with van der Waals surface area (Å²) in [6.45, 7) is 13.0. The Bertz CT molecular complexity index is 370. The van der Waals surface area contributed by atoms with Gasteiger partial charge in [-0.05, 0) is 26.4 Å². The fraction of sp³-hybridized carbons (Fsp3) is 0.769. The number of aromatic nitrogens is 2. The molecule has 1 aromatic rings. The number of rotatable bonds is 5. The van der Waals surface area contributed by atoms with Gasteiger partial charge in [0, 0.05) is 25.3 Å². The Morgan fingerprint density at radius 2 is 2.24 bits per heavy atom. The molecule has 0 radical (unpaired) electrons. The van der Waals surface area contributed by atoms with E-state index >= 15 is 0 Å². The quantitative estimate of drug-likeness (QED) is 0.841. The minimum absolute atomic E-state index is 0.917. The molecule has 0 amide bonds. The molecule has 2 rings (SSSR count). The zero-order chi connectivity index (χ0) is 12.3. The number of fused-ring (bicyclic) bond motifs is 1. The molecule has 0 unspecified atom stereocenters. The first kappa shape index (κ1) is 12.6. The van der Waals surface area contributed by atoms with E-state index in [-0.39, 0.29) is 0 Å². The summed E-state index contributed by atoms with van der Waals surface area (Å²) in [5.41, 5.74) is 2.62. The standard InChI is InChI=1S/C13H24N4/c1-4-7-16(5-2)10-12-11(3)17-8-6-14-9-13(17)15-12/h14H,4-10H2,1-3H3. The molecule has 1 aliphatic rings. The van der Waals surface area contributed by atoms with Crippen LogP contribution in [0.15, 0.2) is 0 Å².